The molecule has 0 aromatic rings. The van der Waals surface area contributed by atoms with E-state index in [1.54, 1.807) is 28.9 Å². The Morgan fingerprint density at radius 2 is 1.61 bits per heavy atom. The van der Waals surface area contributed by atoms with Crippen LogP contribution in [0.1, 0.15) is 146 Å². The van der Waals surface area contributed by atoms with E-state index in [1.165, 1.54) is 49.3 Å². The molecule has 2 saturated carbocycles. The molecule has 8 heteroatoms. The molecule has 4 aliphatic carbocycles. The molecular weight excluding hydrogens is 617 g/mol. The summed E-state index contributed by atoms with van der Waals surface area (Å²) in [6, 6.07) is 0. The Labute approximate surface area is 287 Å². The Hall–Kier alpha value is -1.15. The second-order valence-corrected chi connectivity index (χ2v) is 19.7. The normalized spacial score (nSPS) is 34.2. The third kappa shape index (κ3) is 7.53. The van der Waals surface area contributed by atoms with Crippen LogP contribution in [0.3, 0.4) is 0 Å². The Morgan fingerprint density at radius 3 is 2.26 bits per heavy atom. The van der Waals surface area contributed by atoms with Crippen molar-refractivity contribution in [3.63, 3.8) is 0 Å². The molecule has 0 bridgehead atoms. The minimum atomic E-state index is -0.789. The van der Waals surface area contributed by atoms with Gasteiger partial charge in [-0.25, -0.2) is 0 Å². The van der Waals surface area contributed by atoms with Gasteiger partial charge in [-0.2, -0.15) is 0 Å². The summed E-state index contributed by atoms with van der Waals surface area (Å²) < 4.78 is 11.8. The first-order chi connectivity index (χ1) is 21.4. The first-order valence-electron chi connectivity index (χ1n) is 18.0. The molecule has 0 aromatic carbocycles. The van der Waals surface area contributed by atoms with E-state index in [2.05, 4.69) is 41.5 Å². The molecule has 6 nitrogen and oxygen atoms in total. The molecule has 0 aromatic heterocycles. The van der Waals surface area contributed by atoms with E-state index in [9.17, 15) is 14.4 Å². The second kappa shape index (κ2) is 14.4. The van der Waals surface area contributed by atoms with Crippen molar-refractivity contribution < 1.29 is 29.0 Å². The van der Waals surface area contributed by atoms with E-state index in [0.29, 0.717) is 41.1 Å². The van der Waals surface area contributed by atoms with Crippen molar-refractivity contribution in [3.8, 4) is 0 Å². The van der Waals surface area contributed by atoms with Gasteiger partial charge in [0.05, 0.1) is 12.8 Å². The highest BCUT2D eigenvalue weighted by Crippen LogP contribution is 2.72. The summed E-state index contributed by atoms with van der Waals surface area (Å²) in [6.07, 6.45) is 13.1. The monoisotopic (exact) mass is 678 g/mol. The number of hydrogen-bond acceptors (Lipinski definition) is 7. The van der Waals surface area contributed by atoms with Crippen LogP contribution >= 0.6 is 21.6 Å². The summed E-state index contributed by atoms with van der Waals surface area (Å²) in [5, 5.41) is 8.74. The number of carboxylic acids is 1. The maximum absolute atomic E-state index is 12.5. The highest BCUT2D eigenvalue weighted by Gasteiger charge is 2.63. The van der Waals surface area contributed by atoms with Crippen LogP contribution in [0.15, 0.2) is 11.1 Å². The highest BCUT2D eigenvalue weighted by molar-refractivity contribution is 8.76. The lowest BCUT2D eigenvalue weighted by Crippen LogP contribution is -2.55. The lowest BCUT2D eigenvalue weighted by molar-refractivity contribution is -0.167. The first kappa shape index (κ1) is 37.7. The number of carboxylic acid groups (broad SMARTS) is 1. The number of allylic oxidation sites excluding steroid dienone is 2. The molecule has 0 amide bonds. The van der Waals surface area contributed by atoms with Gasteiger partial charge in [0, 0.05) is 23.8 Å². The van der Waals surface area contributed by atoms with Gasteiger partial charge in [0.2, 0.25) is 0 Å². The van der Waals surface area contributed by atoms with Gasteiger partial charge in [-0.05, 0) is 112 Å². The molecule has 7 atom stereocenters. The fourth-order valence-corrected chi connectivity index (χ4v) is 12.8. The molecule has 0 radical (unpaired) electrons. The van der Waals surface area contributed by atoms with Crippen molar-refractivity contribution in [3.05, 3.63) is 11.1 Å². The van der Waals surface area contributed by atoms with Crippen molar-refractivity contribution in [2.45, 2.75) is 157 Å². The van der Waals surface area contributed by atoms with Crippen molar-refractivity contribution in [1.82, 2.24) is 0 Å². The van der Waals surface area contributed by atoms with Crippen LogP contribution < -0.4 is 0 Å². The molecule has 0 saturated heterocycles. The Kier molecular flexibility index (Phi) is 11.8. The number of carbonyl (C=O) groups excluding carboxylic acids is 2. The topological polar surface area (TPSA) is 89.9 Å². The summed E-state index contributed by atoms with van der Waals surface area (Å²) in [6.45, 7) is 20.6. The summed E-state index contributed by atoms with van der Waals surface area (Å²) in [4.78, 5) is 35.1. The number of carbonyl (C=O) groups is 3. The number of aliphatic carboxylic acids is 1. The van der Waals surface area contributed by atoms with Gasteiger partial charge in [-0.3, -0.25) is 14.4 Å². The summed E-state index contributed by atoms with van der Waals surface area (Å²) >= 11 is 0. The predicted molar refractivity (Wildman–Crippen MR) is 190 cm³/mol. The van der Waals surface area contributed by atoms with E-state index in [1.807, 2.05) is 13.8 Å². The molecular formula is C38H62O6S2. The molecule has 1 unspecified atom stereocenters. The summed E-state index contributed by atoms with van der Waals surface area (Å²) in [5.41, 5.74) is 3.82. The van der Waals surface area contributed by atoms with Gasteiger partial charge >= 0.3 is 17.9 Å². The van der Waals surface area contributed by atoms with Crippen LogP contribution in [-0.2, 0) is 23.9 Å². The first-order valence-corrected chi connectivity index (χ1v) is 20.4. The van der Waals surface area contributed by atoms with E-state index in [-0.39, 0.29) is 40.7 Å². The second-order valence-electron chi connectivity index (χ2n) is 17.0. The highest BCUT2D eigenvalue weighted by atomic mass is 33.1. The number of hydrogen-bond donors (Lipinski definition) is 1. The van der Waals surface area contributed by atoms with Crippen LogP contribution in [0.5, 0.6) is 0 Å². The van der Waals surface area contributed by atoms with Crippen molar-refractivity contribution in [1.29, 1.82) is 0 Å². The summed E-state index contributed by atoms with van der Waals surface area (Å²) in [5.74, 6) is 1.96. The zero-order valence-electron chi connectivity index (χ0n) is 30.2. The number of ether oxygens (including phenoxy) is 2. The largest absolute Gasteiger partial charge is 0.481 e. The predicted octanol–water partition coefficient (Wildman–Crippen LogP) is 10.0. The molecule has 4 rings (SSSR count). The van der Waals surface area contributed by atoms with E-state index >= 15 is 0 Å². The van der Waals surface area contributed by atoms with Gasteiger partial charge in [0.1, 0.15) is 11.7 Å². The number of rotatable bonds is 14. The molecule has 4 aliphatic rings. The lowest BCUT2D eigenvalue weighted by atomic mass is 9.43. The Bertz CT molecular complexity index is 1180. The van der Waals surface area contributed by atoms with Gasteiger partial charge in [0.15, 0.2) is 0 Å². The third-order valence-corrected chi connectivity index (χ3v) is 15.9. The lowest BCUT2D eigenvalue weighted by Gasteiger charge is -2.62. The van der Waals surface area contributed by atoms with Gasteiger partial charge < -0.3 is 14.6 Å². The average molecular weight is 679 g/mol. The smallest absolute Gasteiger partial charge is 0.307 e. The Balaban J connectivity index is 1.34. The number of fused-ring (bicyclic) bond motifs is 4. The molecule has 46 heavy (non-hydrogen) atoms. The molecule has 0 aliphatic heterocycles. The fourth-order valence-electron chi connectivity index (χ4n) is 10.9. The molecule has 1 N–H and O–H groups in total. The van der Waals surface area contributed by atoms with E-state index < -0.39 is 11.6 Å². The SMILES string of the molecule is CC(=O)OC1CC[C@]2(C)C3=C(CC[C@H]2C1(C)C)[C@]1(C)CC[C@H]([C@H](C)CCCC(C)(C)OC(=O)CCSSCCC(=O)O)[C@@]1(C)CC3. The zero-order valence-corrected chi connectivity index (χ0v) is 31.9. The fraction of sp³-hybridized carbons (Fsp3) is 0.868. The van der Waals surface area contributed by atoms with E-state index in [0.717, 1.165) is 32.1 Å². The maximum Gasteiger partial charge on any atom is 0.307 e. The van der Waals surface area contributed by atoms with Crippen LogP contribution in [0.2, 0.25) is 0 Å². The standard InChI is InChI=1S/C38H62O6S2/c1-25(11-10-19-34(3,4)44-33(42)18-24-46-45-23-17-32(40)41)27-14-21-38(9)29-12-13-30-35(5,6)31(43-26(2)39)16-20-36(30,7)28(29)15-22-37(27,38)8/h25,27,30-31H,10-24H2,1-9H3,(H,40,41)/t25-,27-,30+,31?,36-,37-,38+/m1/s1. The third-order valence-electron chi connectivity index (χ3n) is 13.4. The van der Waals surface area contributed by atoms with E-state index in [4.69, 9.17) is 14.6 Å². The van der Waals surface area contributed by atoms with Crippen LogP contribution in [-0.4, -0.2) is 46.2 Å². The molecule has 0 spiro atoms. The molecule has 0 heterocycles. The van der Waals surface area contributed by atoms with Crippen molar-refractivity contribution in [2.24, 2.45) is 39.4 Å². The van der Waals surface area contributed by atoms with Gasteiger partial charge in [-0.15, -0.1) is 0 Å². The minimum Gasteiger partial charge on any atom is -0.481 e. The Morgan fingerprint density at radius 1 is 0.935 bits per heavy atom. The van der Waals surface area contributed by atoms with Gasteiger partial charge in [-0.1, -0.05) is 80.7 Å². The average Bonchev–Trinajstić information content (AvgIpc) is 3.22. The van der Waals surface area contributed by atoms with Crippen molar-refractivity contribution >= 4 is 39.5 Å². The van der Waals surface area contributed by atoms with Crippen LogP contribution in [0, 0.1) is 39.4 Å². The quantitative estimate of drug-likeness (QED) is 0.0840. The summed E-state index contributed by atoms with van der Waals surface area (Å²) in [7, 11) is 3.04. The number of esters is 2. The van der Waals surface area contributed by atoms with Crippen LogP contribution in [0.25, 0.3) is 0 Å². The van der Waals surface area contributed by atoms with Crippen molar-refractivity contribution in [2.75, 3.05) is 11.5 Å². The van der Waals surface area contributed by atoms with Crippen LogP contribution in [0.4, 0.5) is 0 Å². The zero-order chi connectivity index (χ0) is 34.1. The maximum atomic E-state index is 12.5. The molecule has 2 fully saturated rings. The van der Waals surface area contributed by atoms with Gasteiger partial charge in [0.25, 0.3) is 0 Å². The minimum absolute atomic E-state index is 0.0137. The molecule has 262 valence electrons.